The molecule has 0 radical (unpaired) electrons. The minimum absolute atomic E-state index is 0.463. The van der Waals surface area contributed by atoms with Crippen LogP contribution in [0.15, 0.2) is 0 Å². The fraction of sp³-hybridized carbons (Fsp3) is 1.00. The van der Waals surface area contributed by atoms with Gasteiger partial charge in [0.25, 0.3) is 0 Å². The third-order valence-electron chi connectivity index (χ3n) is 3.77. The van der Waals surface area contributed by atoms with Crippen molar-refractivity contribution >= 4 is 11.8 Å². The summed E-state index contributed by atoms with van der Waals surface area (Å²) in [5.74, 6) is 0. The van der Waals surface area contributed by atoms with Gasteiger partial charge in [-0.25, -0.2) is 0 Å². The van der Waals surface area contributed by atoms with E-state index in [4.69, 9.17) is 0 Å². The molecule has 1 heterocycles. The maximum absolute atomic E-state index is 3.75. The summed E-state index contributed by atoms with van der Waals surface area (Å²) in [4.78, 5) is 0. The van der Waals surface area contributed by atoms with E-state index in [0.717, 1.165) is 6.04 Å². The van der Waals surface area contributed by atoms with Crippen molar-refractivity contribution in [3.63, 3.8) is 0 Å². The average Bonchev–Trinajstić information content (AvgIpc) is 2.33. The molecule has 3 heteroatoms. The van der Waals surface area contributed by atoms with Crippen molar-refractivity contribution in [3.8, 4) is 0 Å². The van der Waals surface area contributed by atoms with Crippen molar-refractivity contribution < 1.29 is 0 Å². The lowest BCUT2D eigenvalue weighted by Gasteiger charge is -2.33. The molecule has 0 spiro atoms. The summed E-state index contributed by atoms with van der Waals surface area (Å²) in [7, 11) is 0. The zero-order valence-electron chi connectivity index (χ0n) is 10.4. The van der Waals surface area contributed by atoms with Gasteiger partial charge in [0.15, 0.2) is 0 Å². The van der Waals surface area contributed by atoms with Crippen molar-refractivity contribution in [1.29, 1.82) is 0 Å². The first kappa shape index (κ1) is 13.3. The maximum Gasteiger partial charge on any atom is 0.0276 e. The fourth-order valence-electron chi connectivity index (χ4n) is 2.22. The lowest BCUT2D eigenvalue weighted by molar-refractivity contribution is 0.363. The van der Waals surface area contributed by atoms with Crippen LogP contribution in [0.25, 0.3) is 0 Å². The number of thioether (sulfide) groups is 1. The SMILES string of the molecule is CCC(CC)(CNC1CCNCC1)SC. The molecule has 0 aromatic carbocycles. The van der Waals surface area contributed by atoms with Crippen LogP contribution in [0.4, 0.5) is 0 Å². The molecule has 1 aliphatic heterocycles. The van der Waals surface area contributed by atoms with E-state index in [9.17, 15) is 0 Å². The molecule has 0 unspecified atom stereocenters. The highest BCUT2D eigenvalue weighted by Crippen LogP contribution is 2.29. The van der Waals surface area contributed by atoms with Crippen LogP contribution in [-0.4, -0.2) is 36.7 Å². The van der Waals surface area contributed by atoms with E-state index in [1.165, 1.54) is 45.3 Å². The summed E-state index contributed by atoms with van der Waals surface area (Å²) >= 11 is 2.03. The van der Waals surface area contributed by atoms with Gasteiger partial charge in [0.2, 0.25) is 0 Å². The molecular formula is C12H26N2S. The van der Waals surface area contributed by atoms with Gasteiger partial charge >= 0.3 is 0 Å². The van der Waals surface area contributed by atoms with Crippen molar-refractivity contribution in [2.75, 3.05) is 25.9 Å². The van der Waals surface area contributed by atoms with Gasteiger partial charge in [-0.2, -0.15) is 11.8 Å². The molecule has 0 aromatic heterocycles. The maximum atomic E-state index is 3.75. The Bertz CT molecular complexity index is 155. The van der Waals surface area contributed by atoms with Crippen LogP contribution in [0.5, 0.6) is 0 Å². The van der Waals surface area contributed by atoms with E-state index >= 15 is 0 Å². The zero-order chi connectivity index (χ0) is 11.1. The quantitative estimate of drug-likeness (QED) is 0.732. The molecule has 2 N–H and O–H groups in total. The van der Waals surface area contributed by atoms with Crippen LogP contribution in [0, 0.1) is 0 Å². The van der Waals surface area contributed by atoms with Crippen LogP contribution < -0.4 is 10.6 Å². The monoisotopic (exact) mass is 230 g/mol. The normalized spacial score (nSPS) is 19.4. The standard InChI is InChI=1S/C12H26N2S/c1-4-12(5-2,15-3)10-14-11-6-8-13-9-7-11/h11,13-14H,4-10H2,1-3H3. The number of piperidine rings is 1. The highest BCUT2D eigenvalue weighted by molar-refractivity contribution is 8.00. The fourth-order valence-corrected chi connectivity index (χ4v) is 3.02. The Balaban J connectivity index is 2.31. The number of rotatable bonds is 6. The molecule has 15 heavy (non-hydrogen) atoms. The Morgan fingerprint density at radius 2 is 1.87 bits per heavy atom. The molecule has 0 atom stereocenters. The van der Waals surface area contributed by atoms with Gasteiger partial charge in [0.05, 0.1) is 0 Å². The van der Waals surface area contributed by atoms with Crippen molar-refractivity contribution in [2.24, 2.45) is 0 Å². The topological polar surface area (TPSA) is 24.1 Å². The second kappa shape index (κ2) is 6.77. The number of hydrogen-bond acceptors (Lipinski definition) is 3. The smallest absolute Gasteiger partial charge is 0.0276 e. The van der Waals surface area contributed by atoms with Gasteiger partial charge in [-0.1, -0.05) is 13.8 Å². The molecule has 1 fully saturated rings. The van der Waals surface area contributed by atoms with Gasteiger partial charge in [-0.15, -0.1) is 0 Å². The van der Waals surface area contributed by atoms with Crippen molar-refractivity contribution in [2.45, 2.75) is 50.3 Å². The molecule has 1 aliphatic rings. The molecule has 1 rings (SSSR count). The minimum Gasteiger partial charge on any atom is -0.317 e. The van der Waals surface area contributed by atoms with Gasteiger partial charge in [-0.3, -0.25) is 0 Å². The average molecular weight is 230 g/mol. The molecule has 1 saturated heterocycles. The second-order valence-electron chi connectivity index (χ2n) is 4.50. The lowest BCUT2D eigenvalue weighted by atomic mass is 10.00. The van der Waals surface area contributed by atoms with E-state index in [-0.39, 0.29) is 0 Å². The lowest BCUT2D eigenvalue weighted by Crippen LogP contribution is -2.46. The van der Waals surface area contributed by atoms with Gasteiger partial charge < -0.3 is 10.6 Å². The Hall–Kier alpha value is 0.270. The molecule has 0 saturated carbocycles. The van der Waals surface area contributed by atoms with Crippen LogP contribution in [-0.2, 0) is 0 Å². The summed E-state index contributed by atoms with van der Waals surface area (Å²) in [6, 6.07) is 0.746. The second-order valence-corrected chi connectivity index (χ2v) is 5.77. The highest BCUT2D eigenvalue weighted by Gasteiger charge is 2.25. The molecule has 0 aliphatic carbocycles. The summed E-state index contributed by atoms with van der Waals surface area (Å²) in [5, 5.41) is 7.16. The predicted octanol–water partition coefficient (Wildman–Crippen LogP) is 2.25. The summed E-state index contributed by atoms with van der Waals surface area (Å²) in [6.07, 6.45) is 7.36. The number of hydrogen-bond donors (Lipinski definition) is 2. The predicted molar refractivity (Wildman–Crippen MR) is 70.7 cm³/mol. The Morgan fingerprint density at radius 3 is 2.33 bits per heavy atom. The molecule has 0 bridgehead atoms. The summed E-state index contributed by atoms with van der Waals surface area (Å²) in [6.45, 7) is 8.16. The van der Waals surface area contributed by atoms with Gasteiger partial charge in [0.1, 0.15) is 0 Å². The van der Waals surface area contributed by atoms with E-state index < -0.39 is 0 Å². The minimum atomic E-state index is 0.463. The van der Waals surface area contributed by atoms with Gasteiger partial charge in [-0.05, 0) is 45.0 Å². The van der Waals surface area contributed by atoms with E-state index in [2.05, 4.69) is 30.7 Å². The molecular weight excluding hydrogens is 204 g/mol. The van der Waals surface area contributed by atoms with E-state index in [1.54, 1.807) is 0 Å². The Kier molecular flexibility index (Phi) is 6.02. The molecule has 90 valence electrons. The molecule has 2 nitrogen and oxygen atoms in total. The highest BCUT2D eigenvalue weighted by atomic mass is 32.2. The Labute approximate surface area is 99.0 Å². The first-order chi connectivity index (χ1) is 7.26. The van der Waals surface area contributed by atoms with Crippen molar-refractivity contribution in [1.82, 2.24) is 10.6 Å². The first-order valence-electron chi connectivity index (χ1n) is 6.25. The van der Waals surface area contributed by atoms with E-state index in [1.807, 2.05) is 11.8 Å². The van der Waals surface area contributed by atoms with Crippen LogP contribution in [0.3, 0.4) is 0 Å². The van der Waals surface area contributed by atoms with Crippen molar-refractivity contribution in [3.05, 3.63) is 0 Å². The van der Waals surface area contributed by atoms with Gasteiger partial charge in [0, 0.05) is 17.3 Å². The summed E-state index contributed by atoms with van der Waals surface area (Å²) < 4.78 is 0.463. The van der Waals surface area contributed by atoms with E-state index in [0.29, 0.717) is 4.75 Å². The number of nitrogens with one attached hydrogen (secondary N) is 2. The molecule has 0 amide bonds. The van der Waals surface area contributed by atoms with Crippen LogP contribution in [0.2, 0.25) is 0 Å². The first-order valence-corrected chi connectivity index (χ1v) is 7.48. The van der Waals surface area contributed by atoms with Crippen LogP contribution in [0.1, 0.15) is 39.5 Å². The summed E-state index contributed by atoms with van der Waals surface area (Å²) in [5.41, 5.74) is 0. The Morgan fingerprint density at radius 1 is 1.27 bits per heavy atom. The third-order valence-corrected chi connectivity index (χ3v) is 5.36. The third kappa shape index (κ3) is 3.97. The van der Waals surface area contributed by atoms with Crippen LogP contribution >= 0.6 is 11.8 Å². The zero-order valence-corrected chi connectivity index (χ0v) is 11.3. The molecule has 0 aromatic rings. The largest absolute Gasteiger partial charge is 0.317 e.